The third-order valence-corrected chi connectivity index (χ3v) is 4.28. The summed E-state index contributed by atoms with van der Waals surface area (Å²) in [5.74, 6) is 5.79. The molecule has 3 nitrogen and oxygen atoms in total. The molecule has 0 spiro atoms. The Morgan fingerprint density at radius 1 is 1.42 bits per heavy atom. The van der Waals surface area contributed by atoms with Gasteiger partial charge in [0.05, 0.1) is 11.6 Å². The lowest BCUT2D eigenvalue weighted by atomic mass is 9.87. The number of halogens is 1. The fourth-order valence-electron chi connectivity index (χ4n) is 3.15. The van der Waals surface area contributed by atoms with E-state index in [1.54, 1.807) is 0 Å². The van der Waals surface area contributed by atoms with Crippen molar-refractivity contribution >= 4 is 11.6 Å². The van der Waals surface area contributed by atoms with Gasteiger partial charge in [-0.3, -0.25) is 11.3 Å². The van der Waals surface area contributed by atoms with E-state index in [9.17, 15) is 0 Å². The van der Waals surface area contributed by atoms with Gasteiger partial charge in [0.25, 0.3) is 0 Å². The fourth-order valence-corrected chi connectivity index (χ4v) is 3.36. The van der Waals surface area contributed by atoms with Crippen LogP contribution in [0.4, 0.5) is 0 Å². The van der Waals surface area contributed by atoms with E-state index >= 15 is 0 Å². The number of nitrogens with two attached hydrogens (primary N) is 1. The van der Waals surface area contributed by atoms with E-state index in [2.05, 4.69) is 11.5 Å². The molecule has 1 aromatic carbocycles. The Morgan fingerprint density at radius 2 is 2.16 bits per heavy atom. The number of hydrogen-bond donors (Lipinski definition) is 2. The van der Waals surface area contributed by atoms with Crippen LogP contribution in [0.5, 0.6) is 0 Å². The summed E-state index contributed by atoms with van der Waals surface area (Å²) in [5.41, 5.74) is 4.05. The van der Waals surface area contributed by atoms with Gasteiger partial charge >= 0.3 is 0 Å². The zero-order chi connectivity index (χ0) is 13.7. The van der Waals surface area contributed by atoms with Crippen LogP contribution in [0.25, 0.3) is 0 Å². The van der Waals surface area contributed by atoms with Gasteiger partial charge in [0.15, 0.2) is 0 Å². The first kappa shape index (κ1) is 14.8. The van der Waals surface area contributed by atoms with Gasteiger partial charge in [0.1, 0.15) is 0 Å². The lowest BCUT2D eigenvalue weighted by molar-refractivity contribution is -0.0613. The van der Waals surface area contributed by atoms with Crippen molar-refractivity contribution in [1.82, 2.24) is 5.43 Å². The molecule has 2 rings (SSSR count). The standard InChI is InChI=1S/C15H23ClN2O/c1-2-19-15(8-3-4-9-15)14(18-17)11-12-6-5-7-13(16)10-12/h5-7,10,14,18H,2-4,8-9,11,17H2,1H3. The minimum Gasteiger partial charge on any atom is -0.374 e. The number of nitrogens with one attached hydrogen (secondary N) is 1. The monoisotopic (exact) mass is 282 g/mol. The molecule has 19 heavy (non-hydrogen) atoms. The van der Waals surface area contributed by atoms with Gasteiger partial charge in [-0.25, -0.2) is 0 Å². The van der Waals surface area contributed by atoms with Crippen LogP contribution in [-0.4, -0.2) is 18.2 Å². The highest BCUT2D eigenvalue weighted by Gasteiger charge is 2.41. The van der Waals surface area contributed by atoms with Crippen molar-refractivity contribution in [3.8, 4) is 0 Å². The molecule has 0 aromatic heterocycles. The van der Waals surface area contributed by atoms with Crippen molar-refractivity contribution in [2.75, 3.05) is 6.61 Å². The van der Waals surface area contributed by atoms with Crippen LogP contribution in [0.2, 0.25) is 5.02 Å². The second-order valence-electron chi connectivity index (χ2n) is 5.26. The van der Waals surface area contributed by atoms with Gasteiger partial charge < -0.3 is 4.74 Å². The average Bonchev–Trinajstić information content (AvgIpc) is 2.86. The van der Waals surface area contributed by atoms with Crippen LogP contribution >= 0.6 is 11.6 Å². The molecule has 1 aromatic rings. The lowest BCUT2D eigenvalue weighted by Crippen LogP contribution is -2.54. The maximum absolute atomic E-state index is 6.07. The molecule has 1 saturated carbocycles. The summed E-state index contributed by atoms with van der Waals surface area (Å²) < 4.78 is 6.07. The van der Waals surface area contributed by atoms with E-state index in [4.69, 9.17) is 22.2 Å². The van der Waals surface area contributed by atoms with E-state index in [0.717, 1.165) is 30.9 Å². The second kappa shape index (κ2) is 6.71. The Hall–Kier alpha value is -0.610. The van der Waals surface area contributed by atoms with Crippen molar-refractivity contribution in [2.45, 2.75) is 50.7 Å². The summed E-state index contributed by atoms with van der Waals surface area (Å²) in [5, 5.41) is 0.769. The summed E-state index contributed by atoms with van der Waals surface area (Å²) in [7, 11) is 0. The molecule has 0 saturated heterocycles. The Kier molecular flexibility index (Phi) is 5.22. The molecule has 0 amide bonds. The van der Waals surface area contributed by atoms with Gasteiger partial charge in [0, 0.05) is 11.6 Å². The molecule has 1 fully saturated rings. The maximum atomic E-state index is 6.07. The zero-order valence-corrected chi connectivity index (χ0v) is 12.2. The van der Waals surface area contributed by atoms with Crippen molar-refractivity contribution < 1.29 is 4.74 Å². The Morgan fingerprint density at radius 3 is 2.74 bits per heavy atom. The Balaban J connectivity index is 2.14. The predicted molar refractivity (Wildman–Crippen MR) is 79.1 cm³/mol. The molecule has 3 N–H and O–H groups in total. The predicted octanol–water partition coefficient (Wildman–Crippen LogP) is 3.06. The van der Waals surface area contributed by atoms with Crippen LogP contribution in [-0.2, 0) is 11.2 Å². The van der Waals surface area contributed by atoms with Crippen molar-refractivity contribution in [1.29, 1.82) is 0 Å². The molecule has 1 unspecified atom stereocenters. The molecule has 4 heteroatoms. The number of hydrogen-bond acceptors (Lipinski definition) is 3. The fraction of sp³-hybridized carbons (Fsp3) is 0.600. The summed E-state index contributed by atoms with van der Waals surface area (Å²) in [6.45, 7) is 2.78. The van der Waals surface area contributed by atoms with Crippen LogP contribution in [0.1, 0.15) is 38.2 Å². The average molecular weight is 283 g/mol. The zero-order valence-electron chi connectivity index (χ0n) is 11.5. The molecule has 1 atom stereocenters. The first-order valence-corrected chi connectivity index (χ1v) is 7.42. The SMILES string of the molecule is CCOC1(C(Cc2cccc(Cl)c2)NN)CCCC1. The number of rotatable bonds is 6. The summed E-state index contributed by atoms with van der Waals surface area (Å²) in [4.78, 5) is 0. The van der Waals surface area contributed by atoms with Gasteiger partial charge in [-0.2, -0.15) is 0 Å². The van der Waals surface area contributed by atoms with E-state index in [1.807, 2.05) is 25.1 Å². The van der Waals surface area contributed by atoms with Crippen molar-refractivity contribution in [2.24, 2.45) is 5.84 Å². The van der Waals surface area contributed by atoms with E-state index in [1.165, 1.54) is 18.4 Å². The highest BCUT2D eigenvalue weighted by Crippen LogP contribution is 2.37. The van der Waals surface area contributed by atoms with E-state index < -0.39 is 0 Å². The number of hydrazine groups is 1. The molecular weight excluding hydrogens is 260 g/mol. The first-order valence-electron chi connectivity index (χ1n) is 7.05. The molecular formula is C15H23ClN2O. The first-order chi connectivity index (χ1) is 9.20. The molecule has 0 aliphatic heterocycles. The highest BCUT2D eigenvalue weighted by atomic mass is 35.5. The number of ether oxygens (including phenoxy) is 1. The van der Waals surface area contributed by atoms with E-state index in [-0.39, 0.29) is 11.6 Å². The third-order valence-electron chi connectivity index (χ3n) is 4.05. The van der Waals surface area contributed by atoms with E-state index in [0.29, 0.717) is 0 Å². The molecule has 0 heterocycles. The molecule has 1 aliphatic carbocycles. The van der Waals surface area contributed by atoms with Crippen molar-refractivity contribution in [3.05, 3.63) is 34.9 Å². The van der Waals surface area contributed by atoms with Gasteiger partial charge in [-0.05, 0) is 43.9 Å². The number of benzene rings is 1. The van der Waals surface area contributed by atoms with Crippen LogP contribution in [0, 0.1) is 0 Å². The summed E-state index contributed by atoms with van der Waals surface area (Å²) >= 11 is 6.04. The summed E-state index contributed by atoms with van der Waals surface area (Å²) in [6.07, 6.45) is 5.44. The van der Waals surface area contributed by atoms with Crippen molar-refractivity contribution in [3.63, 3.8) is 0 Å². The largest absolute Gasteiger partial charge is 0.374 e. The highest BCUT2D eigenvalue weighted by molar-refractivity contribution is 6.30. The smallest absolute Gasteiger partial charge is 0.0851 e. The van der Waals surface area contributed by atoms with Gasteiger partial charge in [-0.1, -0.05) is 36.6 Å². The summed E-state index contributed by atoms with van der Waals surface area (Å²) in [6, 6.07) is 8.09. The van der Waals surface area contributed by atoms with Gasteiger partial charge in [-0.15, -0.1) is 0 Å². The minimum absolute atomic E-state index is 0.119. The topological polar surface area (TPSA) is 47.3 Å². The Labute approximate surface area is 120 Å². The normalized spacial score (nSPS) is 19.5. The van der Waals surface area contributed by atoms with Crippen LogP contribution in [0.15, 0.2) is 24.3 Å². The molecule has 1 aliphatic rings. The molecule has 0 radical (unpaired) electrons. The lowest BCUT2D eigenvalue weighted by Gasteiger charge is -2.37. The minimum atomic E-state index is -0.119. The Bertz CT molecular complexity index is 405. The third kappa shape index (κ3) is 3.48. The molecule has 0 bridgehead atoms. The maximum Gasteiger partial charge on any atom is 0.0851 e. The quantitative estimate of drug-likeness (QED) is 0.623. The van der Waals surface area contributed by atoms with Crippen LogP contribution < -0.4 is 11.3 Å². The van der Waals surface area contributed by atoms with Gasteiger partial charge in [0.2, 0.25) is 0 Å². The second-order valence-corrected chi connectivity index (χ2v) is 5.69. The van der Waals surface area contributed by atoms with Crippen LogP contribution in [0.3, 0.4) is 0 Å². The molecule has 106 valence electrons.